The summed E-state index contributed by atoms with van der Waals surface area (Å²) in [6.45, 7) is 0. The SMILES string of the molecule is O=C1CC[C@H]2[C@@H]3CCc4ccccc4[C@H]3CC[C@]12CCCBr. The minimum absolute atomic E-state index is 0.0429. The molecule has 0 heterocycles. The summed E-state index contributed by atoms with van der Waals surface area (Å²) in [5.74, 6) is 2.73. The van der Waals surface area contributed by atoms with Crippen LogP contribution in [0.3, 0.4) is 0 Å². The molecule has 3 aliphatic rings. The van der Waals surface area contributed by atoms with E-state index in [1.54, 1.807) is 11.1 Å². The van der Waals surface area contributed by atoms with Crippen LogP contribution in [0.5, 0.6) is 0 Å². The first-order valence-corrected chi connectivity index (χ1v) is 10.1. The van der Waals surface area contributed by atoms with Gasteiger partial charge < -0.3 is 0 Å². The summed E-state index contributed by atoms with van der Waals surface area (Å²) in [5, 5.41) is 1.03. The van der Waals surface area contributed by atoms with Gasteiger partial charge in [0.05, 0.1) is 0 Å². The van der Waals surface area contributed by atoms with E-state index >= 15 is 0 Å². The molecule has 4 atom stereocenters. The third-order valence-corrected chi connectivity index (χ3v) is 7.40. The van der Waals surface area contributed by atoms with Gasteiger partial charge >= 0.3 is 0 Å². The lowest BCUT2D eigenvalue weighted by Gasteiger charge is -2.49. The van der Waals surface area contributed by atoms with Crippen LogP contribution in [0.4, 0.5) is 0 Å². The topological polar surface area (TPSA) is 17.1 Å². The molecule has 0 saturated heterocycles. The first-order valence-electron chi connectivity index (χ1n) is 8.93. The molecule has 0 unspecified atom stereocenters. The van der Waals surface area contributed by atoms with Crippen molar-refractivity contribution in [3.8, 4) is 0 Å². The molecule has 22 heavy (non-hydrogen) atoms. The number of Topliss-reactive ketones (excluding diaryl/α,β-unsaturated/α-hetero) is 1. The normalized spacial score (nSPS) is 36.6. The number of carbonyl (C=O) groups is 1. The molecule has 3 aliphatic carbocycles. The maximum atomic E-state index is 12.7. The second-order valence-corrected chi connectivity index (χ2v) is 8.36. The summed E-state index contributed by atoms with van der Waals surface area (Å²) < 4.78 is 0. The molecule has 1 aromatic carbocycles. The maximum absolute atomic E-state index is 12.7. The van der Waals surface area contributed by atoms with E-state index in [1.165, 1.54) is 19.3 Å². The van der Waals surface area contributed by atoms with E-state index in [9.17, 15) is 4.79 Å². The molecular formula is C20H25BrO. The molecule has 0 aliphatic heterocycles. The van der Waals surface area contributed by atoms with Crippen LogP contribution in [0.15, 0.2) is 24.3 Å². The average molecular weight is 361 g/mol. The summed E-state index contributed by atoms with van der Waals surface area (Å²) in [4.78, 5) is 12.7. The number of ketones is 1. The third-order valence-electron chi connectivity index (χ3n) is 6.84. The van der Waals surface area contributed by atoms with Crippen molar-refractivity contribution in [2.45, 2.75) is 57.3 Å². The zero-order valence-corrected chi connectivity index (χ0v) is 14.8. The third kappa shape index (κ3) is 2.13. The molecule has 118 valence electrons. The zero-order chi connectivity index (χ0) is 15.2. The van der Waals surface area contributed by atoms with Gasteiger partial charge in [0.2, 0.25) is 0 Å². The van der Waals surface area contributed by atoms with Crippen molar-refractivity contribution < 1.29 is 4.79 Å². The Morgan fingerprint density at radius 3 is 2.86 bits per heavy atom. The molecule has 0 radical (unpaired) electrons. The number of benzene rings is 1. The largest absolute Gasteiger partial charge is 0.299 e. The maximum Gasteiger partial charge on any atom is 0.139 e. The number of halogens is 1. The van der Waals surface area contributed by atoms with Crippen LogP contribution in [-0.2, 0) is 11.2 Å². The van der Waals surface area contributed by atoms with E-state index in [0.29, 0.717) is 11.7 Å². The van der Waals surface area contributed by atoms with Gasteiger partial charge in [-0.15, -0.1) is 0 Å². The highest BCUT2D eigenvalue weighted by atomic mass is 79.9. The minimum atomic E-state index is 0.0429. The Hall–Kier alpha value is -0.630. The number of alkyl halides is 1. The smallest absolute Gasteiger partial charge is 0.139 e. The van der Waals surface area contributed by atoms with Crippen molar-refractivity contribution >= 4 is 21.7 Å². The number of fused-ring (bicyclic) bond motifs is 5. The van der Waals surface area contributed by atoms with Gasteiger partial charge in [-0.2, -0.15) is 0 Å². The van der Waals surface area contributed by atoms with Crippen molar-refractivity contribution in [1.82, 2.24) is 0 Å². The lowest BCUT2D eigenvalue weighted by Crippen LogP contribution is -2.44. The Labute approximate surface area is 142 Å². The molecular weight excluding hydrogens is 336 g/mol. The fourth-order valence-corrected chi connectivity index (χ4v) is 6.22. The monoisotopic (exact) mass is 360 g/mol. The molecule has 1 nitrogen and oxygen atoms in total. The molecule has 0 spiro atoms. The zero-order valence-electron chi connectivity index (χ0n) is 13.2. The molecule has 1 aromatic rings. The van der Waals surface area contributed by atoms with E-state index in [-0.39, 0.29) is 5.41 Å². The van der Waals surface area contributed by atoms with Crippen LogP contribution >= 0.6 is 15.9 Å². The predicted molar refractivity (Wildman–Crippen MR) is 93.4 cm³/mol. The molecule has 0 bridgehead atoms. The molecule has 4 rings (SSSR count). The van der Waals surface area contributed by atoms with Gasteiger partial charge in [0.1, 0.15) is 5.78 Å². The number of hydrogen-bond acceptors (Lipinski definition) is 1. The van der Waals surface area contributed by atoms with Gasteiger partial charge in [-0.1, -0.05) is 40.2 Å². The Morgan fingerprint density at radius 2 is 2.00 bits per heavy atom. The lowest BCUT2D eigenvalue weighted by molar-refractivity contribution is -0.131. The van der Waals surface area contributed by atoms with Crippen molar-refractivity contribution in [1.29, 1.82) is 0 Å². The van der Waals surface area contributed by atoms with Crippen molar-refractivity contribution in [2.75, 3.05) is 5.33 Å². The van der Waals surface area contributed by atoms with E-state index in [4.69, 9.17) is 0 Å². The van der Waals surface area contributed by atoms with Gasteiger partial charge in [-0.3, -0.25) is 4.79 Å². The Morgan fingerprint density at radius 1 is 1.14 bits per heavy atom. The fraction of sp³-hybridized carbons (Fsp3) is 0.650. The molecule has 2 fully saturated rings. The van der Waals surface area contributed by atoms with Crippen LogP contribution in [-0.4, -0.2) is 11.1 Å². The van der Waals surface area contributed by atoms with Gasteiger partial charge in [0, 0.05) is 17.2 Å². The Bertz CT molecular complexity index is 581. The number of carbonyl (C=O) groups excluding carboxylic acids is 1. The highest BCUT2D eigenvalue weighted by molar-refractivity contribution is 9.09. The van der Waals surface area contributed by atoms with E-state index < -0.39 is 0 Å². The van der Waals surface area contributed by atoms with Gasteiger partial charge in [0.15, 0.2) is 0 Å². The standard InChI is InChI=1S/C20H25BrO/c21-13-3-11-20-12-10-16-15-5-2-1-4-14(15)6-7-17(16)18(20)8-9-19(20)22/h1-2,4-5,16-18H,3,6-13H2/t16-,17-,18+,20+/m1/s1. The minimum Gasteiger partial charge on any atom is -0.299 e. The second-order valence-electron chi connectivity index (χ2n) is 7.56. The van der Waals surface area contributed by atoms with Crippen molar-refractivity contribution in [3.63, 3.8) is 0 Å². The molecule has 2 heteroatoms. The highest BCUT2D eigenvalue weighted by Gasteiger charge is 2.56. The molecule has 2 saturated carbocycles. The van der Waals surface area contributed by atoms with Gasteiger partial charge in [0.25, 0.3) is 0 Å². The van der Waals surface area contributed by atoms with Gasteiger partial charge in [-0.25, -0.2) is 0 Å². The lowest BCUT2D eigenvalue weighted by atomic mass is 9.54. The Kier molecular flexibility index (Phi) is 3.92. The summed E-state index contributed by atoms with van der Waals surface area (Å²) in [7, 11) is 0. The Balaban J connectivity index is 1.67. The van der Waals surface area contributed by atoms with Crippen LogP contribution in [0.1, 0.15) is 62.0 Å². The number of aryl methyl sites for hydroxylation is 1. The summed E-state index contributed by atoms with van der Waals surface area (Å²) in [6.07, 6.45) is 9.16. The van der Waals surface area contributed by atoms with Crippen LogP contribution in [0.25, 0.3) is 0 Å². The number of hydrogen-bond donors (Lipinski definition) is 0. The highest BCUT2D eigenvalue weighted by Crippen LogP contribution is 2.61. The van der Waals surface area contributed by atoms with Crippen molar-refractivity contribution in [3.05, 3.63) is 35.4 Å². The van der Waals surface area contributed by atoms with Crippen LogP contribution in [0, 0.1) is 17.3 Å². The molecule has 0 aromatic heterocycles. The molecule has 0 N–H and O–H groups in total. The van der Waals surface area contributed by atoms with Crippen molar-refractivity contribution in [2.24, 2.45) is 17.3 Å². The fourth-order valence-electron chi connectivity index (χ4n) is 5.94. The first kappa shape index (κ1) is 14.9. The first-order chi connectivity index (χ1) is 10.8. The number of rotatable bonds is 3. The van der Waals surface area contributed by atoms with Crippen LogP contribution in [0.2, 0.25) is 0 Å². The van der Waals surface area contributed by atoms with Gasteiger partial charge in [-0.05, 0) is 73.8 Å². The summed E-state index contributed by atoms with van der Waals surface area (Å²) >= 11 is 3.57. The second kappa shape index (κ2) is 5.78. The summed E-state index contributed by atoms with van der Waals surface area (Å²) in [6, 6.07) is 9.06. The summed E-state index contributed by atoms with van der Waals surface area (Å²) in [5.41, 5.74) is 3.22. The quantitative estimate of drug-likeness (QED) is 0.671. The van der Waals surface area contributed by atoms with E-state index in [1.807, 2.05) is 0 Å². The van der Waals surface area contributed by atoms with E-state index in [0.717, 1.165) is 49.3 Å². The predicted octanol–water partition coefficient (Wildman–Crippen LogP) is 5.27. The van der Waals surface area contributed by atoms with Crippen LogP contribution < -0.4 is 0 Å². The molecule has 0 amide bonds. The average Bonchev–Trinajstić information content (AvgIpc) is 2.90. The van der Waals surface area contributed by atoms with E-state index in [2.05, 4.69) is 40.2 Å².